The van der Waals surface area contributed by atoms with Gasteiger partial charge >= 0.3 is 0 Å². The Kier molecular flexibility index (Phi) is 6.63. The SMILES string of the molecule is CC(C)Oc1ccc(C(=O)CCN2CCN(Cc3ccc4c(c3)OCO4)CC2)cc1N. The van der Waals surface area contributed by atoms with Crippen LogP contribution in [0.4, 0.5) is 5.69 Å². The molecule has 0 unspecified atom stereocenters. The average molecular weight is 426 g/mol. The Labute approximate surface area is 183 Å². The first-order valence-electron chi connectivity index (χ1n) is 10.9. The zero-order valence-corrected chi connectivity index (χ0v) is 18.3. The molecule has 0 aliphatic carbocycles. The van der Waals surface area contributed by atoms with Crippen LogP contribution in [0, 0.1) is 0 Å². The molecule has 2 heterocycles. The number of nitrogen functional groups attached to an aromatic ring is 1. The zero-order chi connectivity index (χ0) is 21.8. The van der Waals surface area contributed by atoms with E-state index in [0.29, 0.717) is 30.2 Å². The third-order valence-electron chi connectivity index (χ3n) is 5.66. The van der Waals surface area contributed by atoms with Crippen molar-refractivity contribution in [2.24, 2.45) is 0 Å². The Morgan fingerprint density at radius 2 is 1.77 bits per heavy atom. The van der Waals surface area contributed by atoms with Gasteiger partial charge in [-0.05, 0) is 49.7 Å². The van der Waals surface area contributed by atoms with Crippen LogP contribution in [0.3, 0.4) is 0 Å². The van der Waals surface area contributed by atoms with Crippen molar-refractivity contribution in [3.8, 4) is 17.2 Å². The van der Waals surface area contributed by atoms with Crippen LogP contribution >= 0.6 is 0 Å². The molecule has 7 nitrogen and oxygen atoms in total. The lowest BCUT2D eigenvalue weighted by Crippen LogP contribution is -2.46. The smallest absolute Gasteiger partial charge is 0.231 e. The van der Waals surface area contributed by atoms with Crippen molar-refractivity contribution in [1.29, 1.82) is 0 Å². The van der Waals surface area contributed by atoms with Gasteiger partial charge in [-0.1, -0.05) is 6.07 Å². The molecule has 0 atom stereocenters. The number of nitrogens with zero attached hydrogens (tertiary/aromatic N) is 2. The number of rotatable bonds is 8. The minimum atomic E-state index is 0.0487. The predicted molar refractivity (Wildman–Crippen MR) is 120 cm³/mol. The highest BCUT2D eigenvalue weighted by Gasteiger charge is 2.20. The summed E-state index contributed by atoms with van der Waals surface area (Å²) in [5.74, 6) is 2.40. The van der Waals surface area contributed by atoms with E-state index in [-0.39, 0.29) is 11.9 Å². The van der Waals surface area contributed by atoms with Crippen LogP contribution in [-0.2, 0) is 6.54 Å². The van der Waals surface area contributed by atoms with Crippen LogP contribution in [-0.4, -0.2) is 61.2 Å². The summed E-state index contributed by atoms with van der Waals surface area (Å²) in [6.45, 7) is 9.75. The molecule has 0 amide bonds. The number of anilines is 1. The van der Waals surface area contributed by atoms with Crippen LogP contribution in [0.25, 0.3) is 0 Å². The quantitative estimate of drug-likeness (QED) is 0.514. The van der Waals surface area contributed by atoms with Crippen molar-refractivity contribution < 1.29 is 19.0 Å². The Morgan fingerprint density at radius 1 is 1.03 bits per heavy atom. The van der Waals surface area contributed by atoms with Gasteiger partial charge in [0, 0.05) is 51.3 Å². The van der Waals surface area contributed by atoms with E-state index in [2.05, 4.69) is 21.9 Å². The number of carbonyl (C=O) groups is 1. The first kappa shape index (κ1) is 21.5. The average Bonchev–Trinajstić information content (AvgIpc) is 3.22. The van der Waals surface area contributed by atoms with Gasteiger partial charge in [0.25, 0.3) is 0 Å². The van der Waals surface area contributed by atoms with Gasteiger partial charge in [-0.25, -0.2) is 0 Å². The summed E-state index contributed by atoms with van der Waals surface area (Å²) in [6.07, 6.45) is 0.541. The third kappa shape index (κ3) is 5.48. The second kappa shape index (κ2) is 9.58. The second-order valence-corrected chi connectivity index (χ2v) is 8.40. The van der Waals surface area contributed by atoms with Crippen molar-refractivity contribution >= 4 is 11.5 Å². The Bertz CT molecular complexity index is 923. The lowest BCUT2D eigenvalue weighted by molar-refractivity contribution is 0.0922. The zero-order valence-electron chi connectivity index (χ0n) is 18.3. The predicted octanol–water partition coefficient (Wildman–Crippen LogP) is 3.18. The molecule has 2 aliphatic heterocycles. The normalized spacial score (nSPS) is 16.6. The molecule has 2 aliphatic rings. The molecule has 166 valence electrons. The van der Waals surface area contributed by atoms with Gasteiger partial charge < -0.3 is 24.8 Å². The van der Waals surface area contributed by atoms with Crippen molar-refractivity contribution in [2.75, 3.05) is 45.3 Å². The lowest BCUT2D eigenvalue weighted by atomic mass is 10.1. The molecule has 0 aromatic heterocycles. The maximum atomic E-state index is 12.6. The molecular formula is C24H31N3O4. The fourth-order valence-corrected chi connectivity index (χ4v) is 3.96. The van der Waals surface area contributed by atoms with Gasteiger partial charge in [0.2, 0.25) is 6.79 Å². The van der Waals surface area contributed by atoms with Crippen molar-refractivity contribution in [3.63, 3.8) is 0 Å². The highest BCUT2D eigenvalue weighted by atomic mass is 16.7. The van der Waals surface area contributed by atoms with Crippen LogP contribution < -0.4 is 19.9 Å². The van der Waals surface area contributed by atoms with Gasteiger partial charge in [-0.15, -0.1) is 0 Å². The van der Waals surface area contributed by atoms with E-state index in [4.69, 9.17) is 19.9 Å². The minimum absolute atomic E-state index is 0.0487. The highest BCUT2D eigenvalue weighted by molar-refractivity contribution is 5.97. The fraction of sp³-hybridized carbons (Fsp3) is 0.458. The molecule has 2 N–H and O–H groups in total. The molecular weight excluding hydrogens is 394 g/mol. The number of carbonyl (C=O) groups excluding carboxylic acids is 1. The molecule has 0 radical (unpaired) electrons. The molecule has 31 heavy (non-hydrogen) atoms. The third-order valence-corrected chi connectivity index (χ3v) is 5.66. The number of Topliss-reactive ketones (excluding diaryl/α,β-unsaturated/α-hetero) is 1. The Hall–Kier alpha value is -2.77. The number of nitrogens with two attached hydrogens (primary N) is 1. The number of hydrogen-bond donors (Lipinski definition) is 1. The summed E-state index contributed by atoms with van der Waals surface area (Å²) < 4.78 is 16.5. The van der Waals surface area contributed by atoms with Gasteiger partial charge in [0.15, 0.2) is 17.3 Å². The van der Waals surface area contributed by atoms with E-state index in [9.17, 15) is 4.79 Å². The van der Waals surface area contributed by atoms with E-state index in [1.54, 1.807) is 18.2 Å². The molecule has 2 aromatic rings. The second-order valence-electron chi connectivity index (χ2n) is 8.40. The number of ketones is 1. The first-order chi connectivity index (χ1) is 15.0. The number of ether oxygens (including phenoxy) is 3. The summed E-state index contributed by atoms with van der Waals surface area (Å²) >= 11 is 0. The van der Waals surface area contributed by atoms with Crippen molar-refractivity contribution in [2.45, 2.75) is 32.9 Å². The summed E-state index contributed by atoms with van der Waals surface area (Å²) in [7, 11) is 0. The van der Waals surface area contributed by atoms with Crippen LogP contribution in [0.2, 0.25) is 0 Å². The number of benzene rings is 2. The van der Waals surface area contributed by atoms with E-state index in [1.165, 1.54) is 5.56 Å². The standard InChI is InChI=1S/C24H31N3O4/c1-17(2)31-22-6-4-19(14-20(22)25)21(28)7-8-26-9-11-27(12-10-26)15-18-3-5-23-24(13-18)30-16-29-23/h3-6,13-14,17H,7-12,15-16,25H2,1-2H3. The summed E-state index contributed by atoms with van der Waals surface area (Å²) in [5.41, 5.74) is 8.44. The number of hydrogen-bond acceptors (Lipinski definition) is 7. The molecule has 0 spiro atoms. The van der Waals surface area contributed by atoms with Crippen LogP contribution in [0.5, 0.6) is 17.2 Å². The van der Waals surface area contributed by atoms with Gasteiger partial charge in [-0.3, -0.25) is 9.69 Å². The molecule has 4 rings (SSSR count). The largest absolute Gasteiger partial charge is 0.489 e. The van der Waals surface area contributed by atoms with E-state index in [1.807, 2.05) is 19.9 Å². The molecule has 0 saturated carbocycles. The van der Waals surface area contributed by atoms with Crippen molar-refractivity contribution in [3.05, 3.63) is 47.5 Å². The van der Waals surface area contributed by atoms with E-state index < -0.39 is 0 Å². The Morgan fingerprint density at radius 3 is 2.52 bits per heavy atom. The van der Waals surface area contributed by atoms with Gasteiger partial charge in [0.1, 0.15) is 5.75 Å². The van der Waals surface area contributed by atoms with Gasteiger partial charge in [-0.2, -0.15) is 0 Å². The van der Waals surface area contributed by atoms with Crippen LogP contribution in [0.1, 0.15) is 36.2 Å². The molecule has 7 heteroatoms. The minimum Gasteiger partial charge on any atom is -0.489 e. The summed E-state index contributed by atoms with van der Waals surface area (Å²) in [4.78, 5) is 17.4. The molecule has 2 aromatic carbocycles. The van der Waals surface area contributed by atoms with E-state index >= 15 is 0 Å². The monoisotopic (exact) mass is 425 g/mol. The van der Waals surface area contributed by atoms with Crippen molar-refractivity contribution in [1.82, 2.24) is 9.80 Å². The maximum absolute atomic E-state index is 12.6. The number of piperazine rings is 1. The maximum Gasteiger partial charge on any atom is 0.231 e. The highest BCUT2D eigenvalue weighted by Crippen LogP contribution is 2.33. The number of fused-ring (bicyclic) bond motifs is 1. The fourth-order valence-electron chi connectivity index (χ4n) is 3.96. The molecule has 1 fully saturated rings. The lowest BCUT2D eigenvalue weighted by Gasteiger charge is -2.34. The Balaban J connectivity index is 1.22. The summed E-state index contributed by atoms with van der Waals surface area (Å²) in [6, 6.07) is 11.5. The van der Waals surface area contributed by atoms with E-state index in [0.717, 1.165) is 50.8 Å². The summed E-state index contributed by atoms with van der Waals surface area (Å²) in [5, 5.41) is 0. The first-order valence-corrected chi connectivity index (χ1v) is 10.9. The van der Waals surface area contributed by atoms with Gasteiger partial charge in [0.05, 0.1) is 11.8 Å². The van der Waals surface area contributed by atoms with Crippen LogP contribution in [0.15, 0.2) is 36.4 Å². The molecule has 0 bridgehead atoms. The molecule has 1 saturated heterocycles. The topological polar surface area (TPSA) is 77.3 Å².